The monoisotopic (exact) mass is 296 g/mol. The SMILES string of the molecule is CCNC(c1ccc(Cl)cn1)C1CC(C)(C)OC1(C)C. The third-order valence-electron chi connectivity index (χ3n) is 4.04. The van der Waals surface area contributed by atoms with E-state index in [-0.39, 0.29) is 17.2 Å². The van der Waals surface area contributed by atoms with Gasteiger partial charge in [0.2, 0.25) is 0 Å². The van der Waals surface area contributed by atoms with Crippen molar-refractivity contribution >= 4 is 11.6 Å². The Morgan fingerprint density at radius 3 is 2.55 bits per heavy atom. The van der Waals surface area contributed by atoms with Gasteiger partial charge in [0.1, 0.15) is 0 Å². The Bertz CT molecular complexity index is 456. The Morgan fingerprint density at radius 2 is 2.10 bits per heavy atom. The summed E-state index contributed by atoms with van der Waals surface area (Å²) in [5.41, 5.74) is 0.780. The number of ether oxygens (including phenoxy) is 1. The van der Waals surface area contributed by atoms with Gasteiger partial charge in [0.25, 0.3) is 0 Å². The minimum absolute atomic E-state index is 0.0890. The summed E-state index contributed by atoms with van der Waals surface area (Å²) in [6.07, 6.45) is 2.73. The smallest absolute Gasteiger partial charge is 0.0681 e. The summed E-state index contributed by atoms with van der Waals surface area (Å²) in [5, 5.41) is 4.24. The van der Waals surface area contributed by atoms with Crippen molar-refractivity contribution in [3.63, 3.8) is 0 Å². The topological polar surface area (TPSA) is 34.2 Å². The van der Waals surface area contributed by atoms with E-state index in [4.69, 9.17) is 16.3 Å². The molecule has 1 aromatic heterocycles. The van der Waals surface area contributed by atoms with E-state index < -0.39 is 0 Å². The first-order chi connectivity index (χ1) is 9.25. The number of nitrogens with zero attached hydrogens (tertiary/aromatic N) is 1. The molecule has 2 unspecified atom stereocenters. The average Bonchev–Trinajstić information content (AvgIpc) is 2.55. The molecule has 0 amide bonds. The van der Waals surface area contributed by atoms with Crippen LogP contribution in [-0.4, -0.2) is 22.7 Å². The molecule has 1 aliphatic heterocycles. The number of rotatable bonds is 4. The Morgan fingerprint density at radius 1 is 1.40 bits per heavy atom. The lowest BCUT2D eigenvalue weighted by atomic mass is 9.80. The molecule has 0 saturated carbocycles. The van der Waals surface area contributed by atoms with E-state index in [2.05, 4.69) is 44.9 Å². The van der Waals surface area contributed by atoms with Crippen LogP contribution >= 0.6 is 11.6 Å². The van der Waals surface area contributed by atoms with Gasteiger partial charge in [-0.15, -0.1) is 0 Å². The number of hydrogen-bond acceptors (Lipinski definition) is 3. The summed E-state index contributed by atoms with van der Waals surface area (Å²) in [6.45, 7) is 11.7. The molecule has 0 spiro atoms. The molecule has 2 heterocycles. The van der Waals surface area contributed by atoms with Crippen LogP contribution in [-0.2, 0) is 4.74 Å². The summed E-state index contributed by atoms with van der Waals surface area (Å²) in [5.74, 6) is 0.381. The van der Waals surface area contributed by atoms with Gasteiger partial charge < -0.3 is 10.1 Å². The van der Waals surface area contributed by atoms with Crippen molar-refractivity contribution in [1.29, 1.82) is 0 Å². The molecule has 0 bridgehead atoms. The van der Waals surface area contributed by atoms with Crippen LogP contribution in [0.2, 0.25) is 5.02 Å². The predicted molar refractivity (Wildman–Crippen MR) is 83.0 cm³/mol. The summed E-state index contributed by atoms with van der Waals surface area (Å²) in [6, 6.07) is 4.10. The summed E-state index contributed by atoms with van der Waals surface area (Å²) >= 11 is 5.95. The van der Waals surface area contributed by atoms with Gasteiger partial charge in [0, 0.05) is 12.1 Å². The second-order valence-corrected chi connectivity index (χ2v) is 7.15. The summed E-state index contributed by atoms with van der Waals surface area (Å²) < 4.78 is 6.23. The van der Waals surface area contributed by atoms with E-state index in [0.29, 0.717) is 10.9 Å². The molecule has 1 aliphatic rings. The predicted octanol–water partition coefficient (Wildman–Crippen LogP) is 3.98. The summed E-state index contributed by atoms with van der Waals surface area (Å²) in [4.78, 5) is 4.51. The van der Waals surface area contributed by atoms with Crippen LogP contribution in [0, 0.1) is 5.92 Å². The first-order valence-corrected chi connectivity index (χ1v) is 7.68. The number of pyridine rings is 1. The van der Waals surface area contributed by atoms with Crippen molar-refractivity contribution in [3.8, 4) is 0 Å². The van der Waals surface area contributed by atoms with Crippen molar-refractivity contribution in [1.82, 2.24) is 10.3 Å². The Balaban J connectivity index is 2.31. The van der Waals surface area contributed by atoms with E-state index in [0.717, 1.165) is 18.7 Å². The minimum Gasteiger partial charge on any atom is -0.369 e. The zero-order chi connectivity index (χ0) is 15.0. The molecule has 112 valence electrons. The fourth-order valence-corrected chi connectivity index (χ4v) is 3.48. The number of nitrogens with one attached hydrogen (secondary N) is 1. The normalized spacial score (nSPS) is 25.6. The van der Waals surface area contributed by atoms with Gasteiger partial charge in [-0.25, -0.2) is 0 Å². The second-order valence-electron chi connectivity index (χ2n) is 6.71. The molecule has 1 fully saturated rings. The first-order valence-electron chi connectivity index (χ1n) is 7.30. The highest BCUT2D eigenvalue weighted by molar-refractivity contribution is 6.30. The molecule has 2 rings (SSSR count). The molecule has 1 saturated heterocycles. The maximum Gasteiger partial charge on any atom is 0.0681 e. The van der Waals surface area contributed by atoms with Crippen LogP contribution in [0.4, 0.5) is 0 Å². The van der Waals surface area contributed by atoms with Crippen LogP contribution in [0.25, 0.3) is 0 Å². The molecule has 3 nitrogen and oxygen atoms in total. The van der Waals surface area contributed by atoms with Gasteiger partial charge in [0.15, 0.2) is 0 Å². The van der Waals surface area contributed by atoms with Gasteiger partial charge in [-0.2, -0.15) is 0 Å². The molecule has 20 heavy (non-hydrogen) atoms. The largest absolute Gasteiger partial charge is 0.369 e. The number of hydrogen-bond donors (Lipinski definition) is 1. The highest BCUT2D eigenvalue weighted by Gasteiger charge is 2.49. The van der Waals surface area contributed by atoms with E-state index in [1.54, 1.807) is 6.20 Å². The van der Waals surface area contributed by atoms with Crippen molar-refractivity contribution in [3.05, 3.63) is 29.0 Å². The van der Waals surface area contributed by atoms with Crippen molar-refractivity contribution < 1.29 is 4.74 Å². The lowest BCUT2D eigenvalue weighted by molar-refractivity contribution is -0.0779. The third kappa shape index (κ3) is 3.33. The van der Waals surface area contributed by atoms with Crippen molar-refractivity contribution in [2.45, 2.75) is 58.3 Å². The number of aromatic nitrogens is 1. The zero-order valence-corrected chi connectivity index (χ0v) is 13.8. The van der Waals surface area contributed by atoms with Crippen LogP contribution < -0.4 is 5.32 Å². The van der Waals surface area contributed by atoms with Gasteiger partial charge in [-0.05, 0) is 52.8 Å². The zero-order valence-electron chi connectivity index (χ0n) is 13.0. The summed E-state index contributed by atoms with van der Waals surface area (Å²) in [7, 11) is 0. The molecule has 4 heteroatoms. The molecule has 0 aliphatic carbocycles. The highest BCUT2D eigenvalue weighted by atomic mass is 35.5. The average molecular weight is 297 g/mol. The van der Waals surface area contributed by atoms with Crippen LogP contribution in [0.3, 0.4) is 0 Å². The first kappa shape index (κ1) is 15.7. The van der Waals surface area contributed by atoms with Crippen molar-refractivity contribution in [2.75, 3.05) is 6.54 Å². The quantitative estimate of drug-likeness (QED) is 0.912. The van der Waals surface area contributed by atoms with E-state index in [1.165, 1.54) is 0 Å². The Hall–Kier alpha value is -0.640. The van der Waals surface area contributed by atoms with Crippen LogP contribution in [0.1, 0.15) is 52.8 Å². The van der Waals surface area contributed by atoms with Gasteiger partial charge >= 0.3 is 0 Å². The van der Waals surface area contributed by atoms with Gasteiger partial charge in [-0.1, -0.05) is 18.5 Å². The van der Waals surface area contributed by atoms with Crippen molar-refractivity contribution in [2.24, 2.45) is 5.92 Å². The fourth-order valence-electron chi connectivity index (χ4n) is 3.37. The van der Waals surface area contributed by atoms with Crippen LogP contribution in [0.5, 0.6) is 0 Å². The maximum absolute atomic E-state index is 6.23. The highest BCUT2D eigenvalue weighted by Crippen LogP contribution is 2.47. The lowest BCUT2D eigenvalue weighted by Crippen LogP contribution is -2.38. The van der Waals surface area contributed by atoms with Gasteiger partial charge in [0.05, 0.1) is 28.0 Å². The van der Waals surface area contributed by atoms with Gasteiger partial charge in [-0.3, -0.25) is 4.98 Å². The van der Waals surface area contributed by atoms with E-state index >= 15 is 0 Å². The number of halogens is 1. The fraction of sp³-hybridized carbons (Fsp3) is 0.688. The minimum atomic E-state index is -0.169. The third-order valence-corrected chi connectivity index (χ3v) is 4.26. The van der Waals surface area contributed by atoms with Crippen LogP contribution in [0.15, 0.2) is 18.3 Å². The lowest BCUT2D eigenvalue weighted by Gasteiger charge is -2.33. The molecule has 1 N–H and O–H groups in total. The molecule has 1 aromatic rings. The van der Waals surface area contributed by atoms with E-state index in [9.17, 15) is 0 Å². The standard InChI is InChI=1S/C16H25ClN2O/c1-6-18-14(13-8-7-11(17)10-19-13)12-9-15(2,3)20-16(12,4)5/h7-8,10,12,14,18H,6,9H2,1-5H3. The molecule has 0 radical (unpaired) electrons. The molecule has 0 aromatic carbocycles. The maximum atomic E-state index is 6.23. The Kier molecular flexibility index (Phi) is 4.43. The second kappa shape index (κ2) is 5.63. The molecule has 2 atom stereocenters. The molecular weight excluding hydrogens is 272 g/mol. The van der Waals surface area contributed by atoms with E-state index in [1.807, 2.05) is 12.1 Å². The molecular formula is C16H25ClN2O. The Labute approximate surface area is 127 Å².